The third kappa shape index (κ3) is 6.08. The molecule has 0 aliphatic heterocycles. The maximum Gasteiger partial charge on any atom is 0.0528 e. The van der Waals surface area contributed by atoms with E-state index < -0.39 is 0 Å². The summed E-state index contributed by atoms with van der Waals surface area (Å²) in [4.78, 5) is 0. The van der Waals surface area contributed by atoms with Gasteiger partial charge in [0.2, 0.25) is 0 Å². The molecule has 12 aromatic rings. The Morgan fingerprint density at radius 3 is 0.645 bits per heavy atom. The second kappa shape index (κ2) is 14.7. The Balaban J connectivity index is 1.05. The Morgan fingerprint density at radius 2 is 0.419 bits per heavy atom. The summed E-state index contributed by atoms with van der Waals surface area (Å²) in [7, 11) is 0. The minimum atomic E-state index is 1.12. The molecule has 0 saturated heterocycles. The minimum absolute atomic E-state index is 1.12. The van der Waals surface area contributed by atoms with Gasteiger partial charge in [0.25, 0.3) is 0 Å². The van der Waals surface area contributed by atoms with Crippen LogP contribution in [0.1, 0.15) is 22.3 Å². The summed E-state index contributed by atoms with van der Waals surface area (Å²) in [6.45, 7) is 0. The molecule has 0 spiro atoms. The molecule has 0 aliphatic rings. The number of fused-ring (bicyclic) bond motifs is 4. The van der Waals surface area contributed by atoms with Gasteiger partial charge in [-0.3, -0.25) is 0 Å². The van der Waals surface area contributed by atoms with Gasteiger partial charge < -0.3 is 18.3 Å². The van der Waals surface area contributed by atoms with Gasteiger partial charge >= 0.3 is 0 Å². The monoisotopic (exact) mass is 792 g/mol. The van der Waals surface area contributed by atoms with Crippen LogP contribution in [0.25, 0.3) is 77.5 Å². The molecular formula is C58H40N4. The molecule has 0 radical (unpaired) electrons. The number of aromatic nitrogens is 4. The number of benzene rings is 8. The normalized spacial score (nSPS) is 11.5. The predicted molar refractivity (Wildman–Crippen MR) is 258 cm³/mol. The predicted octanol–water partition coefficient (Wildman–Crippen LogP) is 14.5. The zero-order chi connectivity index (χ0) is 41.0. The maximum atomic E-state index is 2.29. The second-order valence-electron chi connectivity index (χ2n) is 15.9. The molecule has 62 heavy (non-hydrogen) atoms. The Morgan fingerprint density at radius 1 is 0.210 bits per heavy atom. The van der Waals surface area contributed by atoms with E-state index in [1.807, 2.05) is 0 Å². The van der Waals surface area contributed by atoms with Crippen molar-refractivity contribution < 1.29 is 0 Å². The van der Waals surface area contributed by atoms with Gasteiger partial charge in [0.15, 0.2) is 0 Å². The van der Waals surface area contributed by atoms with Crippen LogP contribution in [0.4, 0.5) is 0 Å². The van der Waals surface area contributed by atoms with Crippen molar-refractivity contribution in [3.63, 3.8) is 0 Å². The van der Waals surface area contributed by atoms with Crippen molar-refractivity contribution in [2.45, 2.75) is 0 Å². The molecule has 0 saturated carbocycles. The van der Waals surface area contributed by atoms with E-state index in [9.17, 15) is 0 Å². The number of rotatable bonds is 8. The average Bonchev–Trinajstić information content (AvgIpc) is 4.17. The summed E-state index contributed by atoms with van der Waals surface area (Å²) >= 11 is 0. The molecule has 0 amide bonds. The Bertz CT molecular complexity index is 3110. The summed E-state index contributed by atoms with van der Waals surface area (Å²) in [5.41, 5.74) is 16.1. The van der Waals surface area contributed by atoms with E-state index >= 15 is 0 Å². The highest BCUT2D eigenvalue weighted by Crippen LogP contribution is 2.39. The first kappa shape index (κ1) is 35.6. The molecule has 4 heteroatoms. The largest absolute Gasteiger partial charge is 0.317 e. The summed E-state index contributed by atoms with van der Waals surface area (Å²) in [6.07, 6.45) is 8.65. The minimum Gasteiger partial charge on any atom is -0.317 e. The molecule has 0 N–H and O–H groups in total. The first-order chi connectivity index (χ1) is 30.7. The van der Waals surface area contributed by atoms with Gasteiger partial charge in [-0.15, -0.1) is 0 Å². The van der Waals surface area contributed by atoms with Gasteiger partial charge in [0.1, 0.15) is 0 Å². The first-order valence-corrected chi connectivity index (χ1v) is 21.2. The highest BCUT2D eigenvalue weighted by Gasteiger charge is 2.19. The topological polar surface area (TPSA) is 19.7 Å². The summed E-state index contributed by atoms with van der Waals surface area (Å²) < 4.78 is 9.08. The second-order valence-corrected chi connectivity index (χ2v) is 15.9. The molecule has 292 valence electrons. The van der Waals surface area contributed by atoms with Gasteiger partial charge in [-0.25, -0.2) is 0 Å². The lowest BCUT2D eigenvalue weighted by Crippen LogP contribution is -2.01. The Hall–Kier alpha value is -8.34. The van der Waals surface area contributed by atoms with Crippen molar-refractivity contribution in [2.24, 2.45) is 0 Å². The molecule has 4 aromatic heterocycles. The van der Waals surface area contributed by atoms with E-state index in [0.29, 0.717) is 0 Å². The smallest absolute Gasteiger partial charge is 0.0528 e. The van der Waals surface area contributed by atoms with Crippen LogP contribution in [0.2, 0.25) is 0 Å². The molecular weight excluding hydrogens is 753 g/mol. The maximum absolute atomic E-state index is 2.29. The molecule has 12 rings (SSSR count). The first-order valence-electron chi connectivity index (χ1n) is 21.2. The molecule has 8 aromatic carbocycles. The standard InChI is InChI=1S/C58H40N4/c1-5-13-53-41(9-1)33-37-59(53)49-25-17-45(18-26-49)57(46-19-27-50(28-20-46)60-38-34-42-10-2-6-14-54(42)60)58(47-21-29-51(30-22-47)61-39-35-43-11-3-7-15-55(43)61)48-23-31-52(32-24-48)62-40-36-44-12-4-8-16-56(44)62/h1-40H. The van der Waals surface area contributed by atoms with E-state index in [4.69, 9.17) is 0 Å². The third-order valence-electron chi connectivity index (χ3n) is 12.4. The average molecular weight is 793 g/mol. The van der Waals surface area contributed by atoms with Gasteiger partial charge in [0.05, 0.1) is 22.1 Å². The lowest BCUT2D eigenvalue weighted by atomic mass is 9.85. The van der Waals surface area contributed by atoms with E-state index in [1.165, 1.54) is 43.6 Å². The van der Waals surface area contributed by atoms with Crippen LogP contribution in [-0.4, -0.2) is 18.3 Å². The fourth-order valence-electron chi connectivity index (χ4n) is 9.30. The lowest BCUT2D eigenvalue weighted by molar-refractivity contribution is 1.12. The van der Waals surface area contributed by atoms with Crippen molar-refractivity contribution in [1.29, 1.82) is 0 Å². The van der Waals surface area contributed by atoms with Crippen LogP contribution in [0.5, 0.6) is 0 Å². The van der Waals surface area contributed by atoms with Crippen molar-refractivity contribution in [2.75, 3.05) is 0 Å². The molecule has 0 aliphatic carbocycles. The zero-order valence-electron chi connectivity index (χ0n) is 33.9. The molecule has 0 atom stereocenters. The highest BCUT2D eigenvalue weighted by atomic mass is 15.0. The molecule has 4 heterocycles. The molecule has 4 nitrogen and oxygen atoms in total. The third-order valence-corrected chi connectivity index (χ3v) is 12.4. The van der Waals surface area contributed by atoms with E-state index in [0.717, 1.165) is 56.1 Å². The highest BCUT2D eigenvalue weighted by molar-refractivity contribution is 6.05. The number of nitrogens with zero attached hydrogens (tertiary/aromatic N) is 4. The van der Waals surface area contributed by atoms with Crippen LogP contribution >= 0.6 is 0 Å². The van der Waals surface area contributed by atoms with Gasteiger partial charge in [-0.05, 0) is 152 Å². The molecule has 0 fully saturated rings. The number of para-hydroxylation sites is 4. The van der Waals surface area contributed by atoms with E-state index in [2.05, 4.69) is 261 Å². The molecule has 0 unspecified atom stereocenters. The lowest BCUT2D eigenvalue weighted by Gasteiger charge is -2.20. The van der Waals surface area contributed by atoms with Crippen molar-refractivity contribution in [3.8, 4) is 22.7 Å². The van der Waals surface area contributed by atoms with Crippen LogP contribution in [-0.2, 0) is 0 Å². The van der Waals surface area contributed by atoms with Crippen molar-refractivity contribution in [3.05, 3.63) is 265 Å². The summed E-state index contributed by atoms with van der Waals surface area (Å²) in [6, 6.07) is 79.2. The van der Waals surface area contributed by atoms with E-state index in [-0.39, 0.29) is 0 Å². The molecule has 0 bridgehead atoms. The quantitative estimate of drug-likeness (QED) is 0.137. The van der Waals surface area contributed by atoms with Crippen LogP contribution in [0.15, 0.2) is 243 Å². The van der Waals surface area contributed by atoms with Crippen molar-refractivity contribution in [1.82, 2.24) is 18.3 Å². The Kier molecular flexibility index (Phi) is 8.46. The van der Waals surface area contributed by atoms with Crippen molar-refractivity contribution >= 4 is 54.8 Å². The fourth-order valence-corrected chi connectivity index (χ4v) is 9.30. The fraction of sp³-hybridized carbons (Fsp3) is 0. The van der Waals surface area contributed by atoms with Crippen LogP contribution in [0, 0.1) is 0 Å². The Labute approximate surface area is 359 Å². The SMILES string of the molecule is c1ccc2c(c1)ccn2-c1ccc(C(=C(c2ccc(-n3ccc4ccccc43)cc2)c2ccc(-n3ccc4ccccc43)cc2)c2ccc(-n3ccc4ccccc43)cc2)cc1. The van der Waals surface area contributed by atoms with E-state index in [1.54, 1.807) is 0 Å². The van der Waals surface area contributed by atoms with Gasteiger partial charge in [-0.1, -0.05) is 121 Å². The number of hydrogen-bond donors (Lipinski definition) is 0. The van der Waals surface area contributed by atoms with Gasteiger partial charge in [-0.2, -0.15) is 0 Å². The summed E-state index contributed by atoms with van der Waals surface area (Å²) in [5, 5.41) is 4.90. The van der Waals surface area contributed by atoms with Gasteiger partial charge in [0, 0.05) is 47.5 Å². The van der Waals surface area contributed by atoms with Crippen LogP contribution in [0.3, 0.4) is 0 Å². The number of hydrogen-bond acceptors (Lipinski definition) is 0. The zero-order valence-corrected chi connectivity index (χ0v) is 33.9. The van der Waals surface area contributed by atoms with Crippen LogP contribution < -0.4 is 0 Å². The summed E-state index contributed by atoms with van der Waals surface area (Å²) in [5.74, 6) is 0.